The number of anilines is 1. The van der Waals surface area contributed by atoms with E-state index in [-0.39, 0.29) is 34.1 Å². The number of nitrogens with zero attached hydrogens (tertiary/aromatic N) is 5. The topological polar surface area (TPSA) is 129 Å². The van der Waals surface area contributed by atoms with Crippen LogP contribution in [0.3, 0.4) is 0 Å². The van der Waals surface area contributed by atoms with Gasteiger partial charge in [-0.15, -0.1) is 0 Å². The zero-order chi connectivity index (χ0) is 29.1. The van der Waals surface area contributed by atoms with E-state index in [1.165, 1.54) is 12.3 Å². The number of nitriles is 1. The van der Waals surface area contributed by atoms with Gasteiger partial charge in [0.1, 0.15) is 11.6 Å². The zero-order valence-electron chi connectivity index (χ0n) is 24.2. The van der Waals surface area contributed by atoms with Gasteiger partial charge in [0.15, 0.2) is 0 Å². The fourth-order valence-electron chi connectivity index (χ4n) is 4.88. The molecule has 0 spiro atoms. The highest BCUT2D eigenvalue weighted by molar-refractivity contribution is 6.02. The number of hydrogen-bond donors (Lipinski definition) is 2. The number of allylic oxidation sites excluding steroid dienone is 1. The van der Waals surface area contributed by atoms with E-state index in [1.807, 2.05) is 37.5 Å². The molecule has 1 aliphatic rings. The average molecular weight is 546 g/mol. The summed E-state index contributed by atoms with van der Waals surface area (Å²) in [5.41, 5.74) is 2.69. The third kappa shape index (κ3) is 7.16. The Morgan fingerprint density at radius 1 is 1.20 bits per heavy atom. The minimum Gasteiger partial charge on any atom is -0.351 e. The van der Waals surface area contributed by atoms with Gasteiger partial charge in [-0.2, -0.15) is 5.26 Å². The monoisotopic (exact) mass is 545 g/mol. The van der Waals surface area contributed by atoms with Gasteiger partial charge in [-0.1, -0.05) is 58.8 Å². The lowest BCUT2D eigenvalue weighted by molar-refractivity contribution is -0.127. The van der Waals surface area contributed by atoms with Crippen molar-refractivity contribution in [2.75, 3.05) is 18.4 Å². The van der Waals surface area contributed by atoms with Crippen LogP contribution in [0, 0.1) is 22.2 Å². The third-order valence-corrected chi connectivity index (χ3v) is 6.64. The zero-order valence-corrected chi connectivity index (χ0v) is 24.2. The molecule has 0 radical (unpaired) electrons. The summed E-state index contributed by atoms with van der Waals surface area (Å²) >= 11 is 0. The Bertz CT molecular complexity index is 1430. The third-order valence-electron chi connectivity index (χ3n) is 6.64. The number of aromatic nitrogens is 3. The van der Waals surface area contributed by atoms with Crippen molar-refractivity contribution in [3.8, 4) is 6.07 Å². The van der Waals surface area contributed by atoms with E-state index in [2.05, 4.69) is 48.7 Å². The van der Waals surface area contributed by atoms with Crippen LogP contribution >= 0.6 is 0 Å². The van der Waals surface area contributed by atoms with Crippen LogP contribution in [-0.2, 0) is 17.9 Å². The van der Waals surface area contributed by atoms with Gasteiger partial charge in [0.25, 0.3) is 11.8 Å². The second-order valence-electron chi connectivity index (χ2n) is 12.7. The van der Waals surface area contributed by atoms with Gasteiger partial charge in [0, 0.05) is 32.2 Å². The first-order chi connectivity index (χ1) is 18.8. The number of imidazole rings is 1. The normalized spacial score (nSPS) is 16.4. The Hall–Kier alpha value is -3.97. The van der Waals surface area contributed by atoms with Crippen molar-refractivity contribution in [2.45, 2.75) is 73.5 Å². The number of likely N-dealkylation sites (tertiary alicyclic amines) is 1. The van der Waals surface area contributed by atoms with Gasteiger partial charge in [-0.3, -0.25) is 14.9 Å². The molecule has 3 aromatic rings. The number of fused-ring (bicyclic) bond motifs is 1. The Kier molecular flexibility index (Phi) is 8.45. The highest BCUT2D eigenvalue weighted by Gasteiger charge is 2.32. The van der Waals surface area contributed by atoms with E-state index in [4.69, 9.17) is 9.51 Å². The quantitative estimate of drug-likeness (QED) is 0.304. The van der Waals surface area contributed by atoms with Crippen LogP contribution in [0.1, 0.15) is 70.5 Å². The molecular weight excluding hydrogens is 506 g/mol. The minimum absolute atomic E-state index is 0.0781. The van der Waals surface area contributed by atoms with E-state index < -0.39 is 5.91 Å². The predicted octanol–water partition coefficient (Wildman–Crippen LogP) is 4.90. The summed E-state index contributed by atoms with van der Waals surface area (Å²) in [6.45, 7) is 15.0. The molecule has 0 saturated carbocycles. The van der Waals surface area contributed by atoms with Crippen LogP contribution in [0.15, 0.2) is 46.6 Å². The van der Waals surface area contributed by atoms with Crippen molar-refractivity contribution in [1.82, 2.24) is 24.9 Å². The molecule has 2 aromatic heterocycles. The molecule has 2 N–H and O–H groups in total. The summed E-state index contributed by atoms with van der Waals surface area (Å²) in [7, 11) is 0. The molecule has 1 saturated heterocycles. The maximum absolute atomic E-state index is 13.4. The standard InChI is InChI=1S/C30H39N7O3/c1-29(2,3)15-21(16-31)27(39)36-13-7-8-22(36)18-37-24-10-9-20(17-32-19-30(4,5)6)14-23(24)34-28(37)35-26(38)25-11-12-33-40-25/h9-12,14-15,22,32H,7-8,13,17-19H2,1-6H3,(H,34,35,38)/t22-/m1/s1. The van der Waals surface area contributed by atoms with Crippen molar-refractivity contribution in [2.24, 2.45) is 10.8 Å². The van der Waals surface area contributed by atoms with Gasteiger partial charge in [-0.25, -0.2) is 4.98 Å². The second-order valence-corrected chi connectivity index (χ2v) is 12.7. The Balaban J connectivity index is 1.64. The van der Waals surface area contributed by atoms with Crippen molar-refractivity contribution in [1.29, 1.82) is 5.26 Å². The summed E-state index contributed by atoms with van der Waals surface area (Å²) in [6.07, 6.45) is 4.76. The number of carbonyl (C=O) groups is 2. The fourth-order valence-corrected chi connectivity index (χ4v) is 4.88. The summed E-state index contributed by atoms with van der Waals surface area (Å²) in [6, 6.07) is 9.50. The number of hydrogen-bond acceptors (Lipinski definition) is 7. The van der Waals surface area contributed by atoms with Crippen molar-refractivity contribution in [3.05, 3.63) is 53.4 Å². The molecular formula is C30H39N7O3. The SMILES string of the molecule is CC(C)(C)C=C(C#N)C(=O)N1CCC[C@@H]1Cn1c(NC(=O)c2ccno2)nc2cc(CNCC(C)(C)C)ccc21. The number of rotatable bonds is 8. The van der Waals surface area contributed by atoms with E-state index in [0.29, 0.717) is 25.6 Å². The maximum Gasteiger partial charge on any atom is 0.296 e. The smallest absolute Gasteiger partial charge is 0.296 e. The average Bonchev–Trinajstić information content (AvgIpc) is 3.62. The largest absolute Gasteiger partial charge is 0.351 e. The van der Waals surface area contributed by atoms with Crippen LogP contribution in [0.4, 0.5) is 5.95 Å². The molecule has 1 atom stereocenters. The number of carbonyl (C=O) groups excluding carboxylic acids is 2. The Morgan fingerprint density at radius 2 is 1.98 bits per heavy atom. The molecule has 10 heteroatoms. The first-order valence-electron chi connectivity index (χ1n) is 13.7. The molecule has 0 aliphatic carbocycles. The molecule has 1 aliphatic heterocycles. The summed E-state index contributed by atoms with van der Waals surface area (Å²) in [4.78, 5) is 32.8. The highest BCUT2D eigenvalue weighted by atomic mass is 16.5. The predicted molar refractivity (Wildman–Crippen MR) is 153 cm³/mol. The highest BCUT2D eigenvalue weighted by Crippen LogP contribution is 2.28. The lowest BCUT2D eigenvalue weighted by Crippen LogP contribution is -2.39. The molecule has 1 aromatic carbocycles. The minimum atomic E-state index is -0.458. The molecule has 3 heterocycles. The summed E-state index contributed by atoms with van der Waals surface area (Å²) in [5.74, 6) is -0.278. The number of nitrogens with one attached hydrogen (secondary N) is 2. The molecule has 1 fully saturated rings. The Labute approximate surface area is 235 Å². The number of benzene rings is 1. The van der Waals surface area contributed by atoms with Crippen molar-refractivity contribution >= 4 is 28.8 Å². The molecule has 0 unspecified atom stereocenters. The van der Waals surface area contributed by atoms with E-state index in [9.17, 15) is 14.9 Å². The maximum atomic E-state index is 13.4. The lowest BCUT2D eigenvalue weighted by Gasteiger charge is -2.26. The van der Waals surface area contributed by atoms with Crippen molar-refractivity contribution < 1.29 is 14.1 Å². The molecule has 10 nitrogen and oxygen atoms in total. The van der Waals surface area contributed by atoms with Crippen LogP contribution < -0.4 is 10.6 Å². The molecule has 40 heavy (non-hydrogen) atoms. The molecule has 0 bridgehead atoms. The van der Waals surface area contributed by atoms with Gasteiger partial charge in [0.2, 0.25) is 11.7 Å². The van der Waals surface area contributed by atoms with E-state index in [0.717, 1.165) is 36.0 Å². The van der Waals surface area contributed by atoms with E-state index >= 15 is 0 Å². The van der Waals surface area contributed by atoms with Crippen molar-refractivity contribution in [3.63, 3.8) is 0 Å². The molecule has 2 amide bonds. The van der Waals surface area contributed by atoms with Crippen LogP contribution in [0.2, 0.25) is 0 Å². The molecule has 212 valence electrons. The van der Waals surface area contributed by atoms with Gasteiger partial charge < -0.3 is 19.3 Å². The lowest BCUT2D eigenvalue weighted by atomic mass is 9.93. The van der Waals surface area contributed by atoms with E-state index in [1.54, 1.807) is 11.0 Å². The van der Waals surface area contributed by atoms with Crippen LogP contribution in [0.5, 0.6) is 0 Å². The summed E-state index contributed by atoms with van der Waals surface area (Å²) < 4.78 is 6.97. The molecule has 4 rings (SSSR count). The first kappa shape index (κ1) is 29.0. The van der Waals surface area contributed by atoms with Gasteiger partial charge in [-0.05, 0) is 41.4 Å². The Morgan fingerprint density at radius 3 is 2.62 bits per heavy atom. The van der Waals surface area contributed by atoms with Gasteiger partial charge >= 0.3 is 0 Å². The fraction of sp³-hybridized carbons (Fsp3) is 0.500. The van der Waals surface area contributed by atoms with Crippen LogP contribution in [-0.4, -0.2) is 50.6 Å². The summed E-state index contributed by atoms with van der Waals surface area (Å²) in [5, 5.41) is 19.7. The number of amides is 2. The first-order valence-corrected chi connectivity index (χ1v) is 13.7. The van der Waals surface area contributed by atoms with Gasteiger partial charge in [0.05, 0.1) is 23.3 Å². The second kappa shape index (κ2) is 11.6. The van der Waals surface area contributed by atoms with Crippen LogP contribution in [0.25, 0.3) is 11.0 Å².